The van der Waals surface area contributed by atoms with E-state index in [1.54, 1.807) is 0 Å². The third-order valence-corrected chi connectivity index (χ3v) is 3.42. The van der Waals surface area contributed by atoms with Gasteiger partial charge in [-0.3, -0.25) is 4.79 Å². The van der Waals surface area contributed by atoms with E-state index in [0.29, 0.717) is 25.6 Å². The predicted octanol–water partition coefficient (Wildman–Crippen LogP) is 1.45. The lowest BCUT2D eigenvalue weighted by Crippen LogP contribution is -2.38. The summed E-state index contributed by atoms with van der Waals surface area (Å²) in [4.78, 5) is 14.0. The molecule has 0 spiro atoms. The first-order valence-corrected chi connectivity index (χ1v) is 7.38. The van der Waals surface area contributed by atoms with E-state index < -0.39 is 0 Å². The van der Waals surface area contributed by atoms with Gasteiger partial charge in [-0.05, 0) is 46.8 Å². The largest absolute Gasteiger partial charge is 0.377 e. The summed E-state index contributed by atoms with van der Waals surface area (Å²) >= 11 is 0. The molecule has 1 fully saturated rings. The number of carbonyl (C=O) groups is 1. The number of halogens is 2. The Kier molecular flexibility index (Phi) is 15.0. The summed E-state index contributed by atoms with van der Waals surface area (Å²) in [6.07, 6.45) is 3.95. The van der Waals surface area contributed by atoms with Crippen molar-refractivity contribution in [3.63, 3.8) is 0 Å². The number of carbonyl (C=O) groups excluding carboxylic acids is 1. The number of ether oxygens (including phenoxy) is 1. The third-order valence-electron chi connectivity index (χ3n) is 3.42. The fourth-order valence-electron chi connectivity index (χ4n) is 2.34. The van der Waals surface area contributed by atoms with Crippen LogP contribution in [0.3, 0.4) is 0 Å². The Labute approximate surface area is 141 Å². The van der Waals surface area contributed by atoms with Crippen molar-refractivity contribution in [2.45, 2.75) is 44.8 Å². The van der Waals surface area contributed by atoms with Gasteiger partial charge in [0.05, 0.1) is 6.10 Å². The van der Waals surface area contributed by atoms with Crippen molar-refractivity contribution < 1.29 is 9.53 Å². The highest BCUT2D eigenvalue weighted by Gasteiger charge is 2.18. The zero-order chi connectivity index (χ0) is 14.1. The molecule has 0 aromatic heterocycles. The van der Waals surface area contributed by atoms with E-state index >= 15 is 0 Å². The van der Waals surface area contributed by atoms with Crippen LogP contribution < -0.4 is 10.6 Å². The summed E-state index contributed by atoms with van der Waals surface area (Å²) in [5, 5.41) is 6.34. The predicted molar refractivity (Wildman–Crippen MR) is 91.7 cm³/mol. The summed E-state index contributed by atoms with van der Waals surface area (Å²) in [6.45, 7) is 5.32. The van der Waals surface area contributed by atoms with Crippen LogP contribution in [0, 0.1) is 0 Å². The fourth-order valence-corrected chi connectivity index (χ4v) is 2.34. The Morgan fingerprint density at radius 3 is 2.67 bits per heavy atom. The summed E-state index contributed by atoms with van der Waals surface area (Å²) in [7, 11) is 4.10. The highest BCUT2D eigenvalue weighted by Crippen LogP contribution is 2.08. The molecule has 0 aliphatic carbocycles. The average molecular weight is 344 g/mol. The van der Waals surface area contributed by atoms with Gasteiger partial charge in [-0.15, -0.1) is 24.8 Å². The number of amides is 1. The molecule has 1 amide bonds. The molecule has 0 aromatic rings. The van der Waals surface area contributed by atoms with Gasteiger partial charge < -0.3 is 20.3 Å². The normalized spacial score (nSPS) is 18.8. The molecule has 1 saturated heterocycles. The van der Waals surface area contributed by atoms with Crippen LogP contribution in [-0.4, -0.2) is 63.3 Å². The van der Waals surface area contributed by atoms with Crippen LogP contribution in [0.5, 0.6) is 0 Å². The van der Waals surface area contributed by atoms with E-state index in [4.69, 9.17) is 4.74 Å². The van der Waals surface area contributed by atoms with E-state index in [2.05, 4.69) is 15.5 Å². The molecule has 21 heavy (non-hydrogen) atoms. The van der Waals surface area contributed by atoms with Gasteiger partial charge in [-0.1, -0.05) is 0 Å². The molecule has 0 bridgehead atoms. The molecule has 128 valence electrons. The maximum atomic E-state index is 11.8. The summed E-state index contributed by atoms with van der Waals surface area (Å²) < 4.78 is 5.66. The quantitative estimate of drug-likeness (QED) is 0.665. The maximum Gasteiger partial charge on any atom is 0.221 e. The van der Waals surface area contributed by atoms with Crippen LogP contribution in [0.4, 0.5) is 0 Å². The van der Waals surface area contributed by atoms with E-state index in [0.717, 1.165) is 25.9 Å². The van der Waals surface area contributed by atoms with Gasteiger partial charge in [0.15, 0.2) is 0 Å². The van der Waals surface area contributed by atoms with Gasteiger partial charge in [0, 0.05) is 32.2 Å². The van der Waals surface area contributed by atoms with Crippen molar-refractivity contribution in [1.82, 2.24) is 15.5 Å². The number of nitrogens with one attached hydrogen (secondary N) is 2. The molecule has 1 heterocycles. The first-order valence-electron chi connectivity index (χ1n) is 7.38. The standard InChI is InChI=1S/C14H29N3O2.2ClH/c1-4-19-13(7-9-17(2)3)11-16-14(18)10-12-6-5-8-15-12;;/h12-13,15H,4-11H2,1-3H3,(H,16,18);2*1H. The Morgan fingerprint density at radius 2 is 2.14 bits per heavy atom. The number of hydrogen-bond acceptors (Lipinski definition) is 4. The van der Waals surface area contributed by atoms with Crippen LogP contribution in [0.25, 0.3) is 0 Å². The Morgan fingerprint density at radius 1 is 1.43 bits per heavy atom. The van der Waals surface area contributed by atoms with Crippen molar-refractivity contribution in [2.24, 2.45) is 0 Å². The smallest absolute Gasteiger partial charge is 0.221 e. The second-order valence-electron chi connectivity index (χ2n) is 5.47. The maximum absolute atomic E-state index is 11.8. The van der Waals surface area contributed by atoms with Crippen LogP contribution in [0.1, 0.15) is 32.6 Å². The molecular weight excluding hydrogens is 313 g/mol. The summed E-state index contributed by atoms with van der Waals surface area (Å²) in [6, 6.07) is 0.368. The number of hydrogen-bond donors (Lipinski definition) is 2. The van der Waals surface area contributed by atoms with E-state index in [-0.39, 0.29) is 36.8 Å². The average Bonchev–Trinajstić information content (AvgIpc) is 2.85. The van der Waals surface area contributed by atoms with Crippen molar-refractivity contribution in [3.05, 3.63) is 0 Å². The van der Waals surface area contributed by atoms with Crippen molar-refractivity contribution in [3.8, 4) is 0 Å². The van der Waals surface area contributed by atoms with Gasteiger partial charge in [-0.25, -0.2) is 0 Å². The molecule has 0 radical (unpaired) electrons. The van der Waals surface area contributed by atoms with Crippen LogP contribution >= 0.6 is 24.8 Å². The van der Waals surface area contributed by atoms with Crippen molar-refractivity contribution in [2.75, 3.05) is 40.3 Å². The Bertz CT molecular complexity index is 263. The van der Waals surface area contributed by atoms with E-state index in [1.807, 2.05) is 21.0 Å². The summed E-state index contributed by atoms with van der Waals surface area (Å²) in [5.74, 6) is 0.133. The lowest BCUT2D eigenvalue weighted by molar-refractivity contribution is -0.122. The molecule has 0 aromatic carbocycles. The topological polar surface area (TPSA) is 53.6 Å². The second kappa shape index (κ2) is 13.6. The summed E-state index contributed by atoms with van der Waals surface area (Å²) in [5.41, 5.74) is 0. The third kappa shape index (κ3) is 11.2. The molecule has 2 unspecified atom stereocenters. The van der Waals surface area contributed by atoms with Gasteiger partial charge in [0.1, 0.15) is 0 Å². The lowest BCUT2D eigenvalue weighted by Gasteiger charge is -2.20. The highest BCUT2D eigenvalue weighted by molar-refractivity contribution is 5.85. The highest BCUT2D eigenvalue weighted by atomic mass is 35.5. The van der Waals surface area contributed by atoms with Gasteiger partial charge in [0.25, 0.3) is 0 Å². The first kappa shape index (κ1) is 23.2. The molecular formula is C14H31Cl2N3O2. The van der Waals surface area contributed by atoms with E-state index in [9.17, 15) is 4.79 Å². The minimum absolute atomic E-state index is 0. The van der Waals surface area contributed by atoms with Crippen LogP contribution in [0.15, 0.2) is 0 Å². The van der Waals surface area contributed by atoms with Crippen molar-refractivity contribution >= 4 is 30.7 Å². The molecule has 2 atom stereocenters. The molecule has 1 rings (SSSR count). The molecule has 5 nitrogen and oxygen atoms in total. The fraction of sp³-hybridized carbons (Fsp3) is 0.929. The second-order valence-corrected chi connectivity index (χ2v) is 5.47. The Hall–Kier alpha value is -0.0700. The number of rotatable bonds is 9. The van der Waals surface area contributed by atoms with Crippen LogP contribution in [0.2, 0.25) is 0 Å². The molecule has 7 heteroatoms. The van der Waals surface area contributed by atoms with Gasteiger partial charge in [-0.2, -0.15) is 0 Å². The van der Waals surface area contributed by atoms with Gasteiger partial charge >= 0.3 is 0 Å². The molecule has 1 aliphatic heterocycles. The minimum atomic E-state index is 0. The molecule has 1 aliphatic rings. The molecule has 0 saturated carbocycles. The van der Waals surface area contributed by atoms with Crippen molar-refractivity contribution in [1.29, 1.82) is 0 Å². The number of nitrogens with zero attached hydrogens (tertiary/aromatic N) is 1. The zero-order valence-corrected chi connectivity index (χ0v) is 15.0. The monoisotopic (exact) mass is 343 g/mol. The first-order chi connectivity index (χ1) is 9.11. The van der Waals surface area contributed by atoms with Crippen LogP contribution in [-0.2, 0) is 9.53 Å². The Balaban J connectivity index is 0. The minimum Gasteiger partial charge on any atom is -0.377 e. The zero-order valence-electron chi connectivity index (χ0n) is 13.4. The SMILES string of the molecule is CCOC(CCN(C)C)CNC(=O)CC1CCCN1.Cl.Cl. The lowest BCUT2D eigenvalue weighted by atomic mass is 10.1. The molecule has 2 N–H and O–H groups in total. The van der Waals surface area contributed by atoms with E-state index in [1.165, 1.54) is 6.42 Å². The van der Waals surface area contributed by atoms with Gasteiger partial charge in [0.2, 0.25) is 5.91 Å².